The van der Waals surface area contributed by atoms with Crippen molar-refractivity contribution in [1.29, 1.82) is 0 Å². The number of carbonyl (C=O) groups excluding carboxylic acids is 1. The molecule has 0 saturated heterocycles. The predicted molar refractivity (Wildman–Crippen MR) is 145 cm³/mol. The number of benzene rings is 2. The molecule has 0 fully saturated rings. The maximum atomic E-state index is 12.8. The summed E-state index contributed by atoms with van der Waals surface area (Å²) in [4.78, 5) is 12.8. The first-order valence-corrected chi connectivity index (χ1v) is 14.4. The highest BCUT2D eigenvalue weighted by molar-refractivity contribution is 7.89. The van der Waals surface area contributed by atoms with Gasteiger partial charge in [-0.05, 0) is 54.7 Å². The standard InChI is InChI=1S/C27H41N3O6S/c1-4-14-30(15-5-2)37(34,35)16-13-27(33)29-25(18-21-9-11-23(31)12-10-21)26(32)20-28-19-22-7-6-8-24(17-22)36-3/h6-12,17,25-26,28,31-32H,4-5,13-16,18-20H2,1-3H3,(H,29,33)/t25-,26-/m0/s1. The zero-order valence-corrected chi connectivity index (χ0v) is 22.8. The lowest BCUT2D eigenvalue weighted by Crippen LogP contribution is -2.49. The van der Waals surface area contributed by atoms with Crippen LogP contribution in [0.3, 0.4) is 0 Å². The van der Waals surface area contributed by atoms with Crippen LogP contribution in [0.4, 0.5) is 0 Å². The smallest absolute Gasteiger partial charge is 0.221 e. The summed E-state index contributed by atoms with van der Waals surface area (Å²) in [6.45, 7) is 5.40. The van der Waals surface area contributed by atoms with Gasteiger partial charge < -0.3 is 25.6 Å². The molecule has 0 bridgehead atoms. The Hall–Kier alpha value is -2.66. The number of phenolic OH excluding ortho intramolecular Hbond substituents is 1. The average molecular weight is 536 g/mol. The number of nitrogens with one attached hydrogen (secondary N) is 2. The molecule has 2 aromatic carbocycles. The van der Waals surface area contributed by atoms with E-state index >= 15 is 0 Å². The number of aliphatic hydroxyl groups is 1. The molecule has 0 saturated carbocycles. The summed E-state index contributed by atoms with van der Waals surface area (Å²) in [6.07, 6.45) is 0.599. The summed E-state index contributed by atoms with van der Waals surface area (Å²) in [5.74, 6) is 0.143. The molecule has 0 heterocycles. The number of phenols is 1. The van der Waals surface area contributed by atoms with Crippen LogP contribution in [0.15, 0.2) is 48.5 Å². The van der Waals surface area contributed by atoms with Crippen molar-refractivity contribution in [2.24, 2.45) is 0 Å². The fourth-order valence-corrected chi connectivity index (χ4v) is 5.60. The highest BCUT2D eigenvalue weighted by Gasteiger charge is 2.25. The lowest BCUT2D eigenvalue weighted by Gasteiger charge is -2.25. The van der Waals surface area contributed by atoms with Crippen LogP contribution in [0.2, 0.25) is 0 Å². The number of methoxy groups -OCH3 is 1. The fourth-order valence-electron chi connectivity index (χ4n) is 3.98. The van der Waals surface area contributed by atoms with Gasteiger partial charge in [0, 0.05) is 32.6 Å². The number of aromatic hydroxyl groups is 1. The van der Waals surface area contributed by atoms with Crippen molar-refractivity contribution in [3.8, 4) is 11.5 Å². The molecule has 206 valence electrons. The molecule has 0 aliphatic rings. The van der Waals surface area contributed by atoms with E-state index in [9.17, 15) is 23.4 Å². The van der Waals surface area contributed by atoms with Crippen molar-refractivity contribution in [2.45, 2.75) is 58.2 Å². The maximum absolute atomic E-state index is 12.8. The third kappa shape index (κ3) is 10.7. The lowest BCUT2D eigenvalue weighted by atomic mass is 10.0. The second kappa shape index (κ2) is 15.6. The van der Waals surface area contributed by atoms with Crippen molar-refractivity contribution >= 4 is 15.9 Å². The van der Waals surface area contributed by atoms with E-state index in [1.165, 1.54) is 4.31 Å². The maximum Gasteiger partial charge on any atom is 0.221 e. The van der Waals surface area contributed by atoms with Gasteiger partial charge in [-0.15, -0.1) is 0 Å². The molecule has 2 aromatic rings. The number of nitrogens with zero attached hydrogens (tertiary/aromatic N) is 1. The Labute approximate surface area is 220 Å². The number of ether oxygens (including phenoxy) is 1. The van der Waals surface area contributed by atoms with Gasteiger partial charge in [-0.1, -0.05) is 38.1 Å². The summed E-state index contributed by atoms with van der Waals surface area (Å²) in [6, 6.07) is 13.5. The lowest BCUT2D eigenvalue weighted by molar-refractivity contribution is -0.122. The van der Waals surface area contributed by atoms with Gasteiger partial charge in [0.2, 0.25) is 15.9 Å². The number of aliphatic hydroxyl groups excluding tert-OH is 1. The minimum atomic E-state index is -3.55. The molecule has 10 heteroatoms. The Balaban J connectivity index is 2.02. The summed E-state index contributed by atoms with van der Waals surface area (Å²) < 4.78 is 32.1. The van der Waals surface area contributed by atoms with E-state index in [2.05, 4.69) is 10.6 Å². The molecule has 2 rings (SSSR count). The first-order valence-electron chi connectivity index (χ1n) is 12.7. The second-order valence-corrected chi connectivity index (χ2v) is 11.1. The van der Waals surface area contributed by atoms with Crippen molar-refractivity contribution in [3.63, 3.8) is 0 Å². The van der Waals surface area contributed by atoms with Gasteiger partial charge in [-0.2, -0.15) is 0 Å². The van der Waals surface area contributed by atoms with E-state index in [0.29, 0.717) is 38.9 Å². The summed E-state index contributed by atoms with van der Waals surface area (Å²) in [5, 5.41) is 26.5. The monoisotopic (exact) mass is 535 g/mol. The Morgan fingerprint density at radius 1 is 1.05 bits per heavy atom. The number of amides is 1. The molecule has 37 heavy (non-hydrogen) atoms. The molecule has 4 N–H and O–H groups in total. The van der Waals surface area contributed by atoms with Crippen LogP contribution in [-0.2, 0) is 27.8 Å². The number of sulfonamides is 1. The summed E-state index contributed by atoms with van der Waals surface area (Å²) in [5.41, 5.74) is 1.80. The number of hydrogen-bond donors (Lipinski definition) is 4. The van der Waals surface area contributed by atoms with Crippen molar-refractivity contribution in [3.05, 3.63) is 59.7 Å². The largest absolute Gasteiger partial charge is 0.508 e. The number of carbonyl (C=O) groups is 1. The highest BCUT2D eigenvalue weighted by atomic mass is 32.2. The topological polar surface area (TPSA) is 128 Å². The molecular formula is C27H41N3O6S. The number of rotatable bonds is 17. The van der Waals surface area contributed by atoms with Crippen molar-refractivity contribution in [2.75, 3.05) is 32.5 Å². The van der Waals surface area contributed by atoms with E-state index in [1.54, 1.807) is 31.4 Å². The zero-order chi connectivity index (χ0) is 27.3. The van der Waals surface area contributed by atoms with Gasteiger partial charge in [0.1, 0.15) is 11.5 Å². The van der Waals surface area contributed by atoms with Crippen LogP contribution in [0.5, 0.6) is 11.5 Å². The van der Waals surface area contributed by atoms with E-state index in [0.717, 1.165) is 16.9 Å². The van der Waals surface area contributed by atoms with Crippen LogP contribution in [0, 0.1) is 0 Å². The first-order chi connectivity index (χ1) is 17.7. The van der Waals surface area contributed by atoms with E-state index in [1.807, 2.05) is 38.1 Å². The van der Waals surface area contributed by atoms with E-state index in [-0.39, 0.29) is 24.5 Å². The zero-order valence-electron chi connectivity index (χ0n) is 22.0. The Bertz CT molecular complexity index is 1060. The van der Waals surface area contributed by atoms with Crippen molar-refractivity contribution < 1.29 is 28.2 Å². The Kier molecular flexibility index (Phi) is 12.9. The fraction of sp³-hybridized carbons (Fsp3) is 0.519. The minimum absolute atomic E-state index is 0.124. The Morgan fingerprint density at radius 3 is 2.35 bits per heavy atom. The molecule has 1 amide bonds. The predicted octanol–water partition coefficient (Wildman–Crippen LogP) is 2.42. The van der Waals surface area contributed by atoms with Gasteiger partial charge in [-0.3, -0.25) is 4.79 Å². The van der Waals surface area contributed by atoms with Crippen LogP contribution in [0.1, 0.15) is 44.2 Å². The number of hydrogen-bond acceptors (Lipinski definition) is 7. The highest BCUT2D eigenvalue weighted by Crippen LogP contribution is 2.14. The molecule has 0 spiro atoms. The third-order valence-corrected chi connectivity index (χ3v) is 7.82. The van der Waals surface area contributed by atoms with Crippen LogP contribution < -0.4 is 15.4 Å². The van der Waals surface area contributed by atoms with Crippen molar-refractivity contribution in [1.82, 2.24) is 14.9 Å². The third-order valence-electron chi connectivity index (χ3n) is 5.95. The molecule has 9 nitrogen and oxygen atoms in total. The molecule has 0 aromatic heterocycles. The van der Waals surface area contributed by atoms with Gasteiger partial charge in [-0.25, -0.2) is 12.7 Å². The molecule has 0 radical (unpaired) electrons. The van der Waals surface area contributed by atoms with E-state index in [4.69, 9.17) is 4.74 Å². The molecule has 0 aliphatic carbocycles. The van der Waals surface area contributed by atoms with Crippen LogP contribution in [0.25, 0.3) is 0 Å². The molecular weight excluding hydrogens is 494 g/mol. The quantitative estimate of drug-likeness (QED) is 0.245. The molecule has 2 atom stereocenters. The van der Waals surface area contributed by atoms with Gasteiger partial charge >= 0.3 is 0 Å². The normalized spacial score (nSPS) is 13.3. The van der Waals surface area contributed by atoms with E-state index < -0.39 is 28.1 Å². The van der Waals surface area contributed by atoms with Gasteiger partial charge in [0.25, 0.3) is 0 Å². The average Bonchev–Trinajstić information content (AvgIpc) is 2.88. The molecule has 0 unspecified atom stereocenters. The second-order valence-electron chi connectivity index (χ2n) is 9.06. The SMILES string of the molecule is CCCN(CCC)S(=O)(=O)CCC(=O)N[C@@H](Cc1ccc(O)cc1)[C@@H](O)CNCc1cccc(OC)c1. The molecule has 0 aliphatic heterocycles. The minimum Gasteiger partial charge on any atom is -0.508 e. The van der Waals surface area contributed by atoms with Crippen LogP contribution >= 0.6 is 0 Å². The van der Waals surface area contributed by atoms with Gasteiger partial charge in [0.05, 0.1) is 25.0 Å². The summed E-state index contributed by atoms with van der Waals surface area (Å²) in [7, 11) is -1.95. The Morgan fingerprint density at radius 2 is 1.73 bits per heavy atom. The first kappa shape index (κ1) is 30.6. The van der Waals surface area contributed by atoms with Gasteiger partial charge in [0.15, 0.2) is 0 Å². The van der Waals surface area contributed by atoms with Crippen LogP contribution in [-0.4, -0.2) is 73.5 Å². The summed E-state index contributed by atoms with van der Waals surface area (Å²) >= 11 is 0.